The fourth-order valence-electron chi connectivity index (χ4n) is 2.89. The Morgan fingerprint density at radius 1 is 0.950 bits per heavy atom. The Morgan fingerprint density at radius 2 is 1.80 bits per heavy atom. The summed E-state index contributed by atoms with van der Waals surface area (Å²) in [6.07, 6.45) is 0. The molecule has 0 spiro atoms. The van der Waals surface area contributed by atoms with Crippen molar-refractivity contribution in [2.75, 3.05) is 7.11 Å². The number of benzene rings is 2. The molecule has 0 fully saturated rings. The normalized spacial score (nSPS) is 11.5. The van der Waals surface area contributed by atoms with Gasteiger partial charge in [0.15, 0.2) is 0 Å². The molecule has 3 heteroatoms. The van der Waals surface area contributed by atoms with Crippen LogP contribution in [-0.4, -0.2) is 7.11 Å². The molecule has 0 amide bonds. The minimum absolute atomic E-state index is 0.928. The van der Waals surface area contributed by atoms with E-state index in [0.29, 0.717) is 0 Å². The summed E-state index contributed by atoms with van der Waals surface area (Å²) in [6.45, 7) is 0. The van der Waals surface area contributed by atoms with E-state index in [0.717, 1.165) is 11.1 Å². The fraction of sp³-hybridized carbons (Fsp3) is 0.118. The van der Waals surface area contributed by atoms with Gasteiger partial charge in [-0.25, -0.2) is 0 Å². The van der Waals surface area contributed by atoms with Crippen LogP contribution in [-0.2, 0) is 7.05 Å². The summed E-state index contributed by atoms with van der Waals surface area (Å²) in [6, 6.07) is 17.0. The summed E-state index contributed by atoms with van der Waals surface area (Å²) < 4.78 is 10.4. The van der Waals surface area contributed by atoms with Crippen LogP contribution in [0.1, 0.15) is 0 Å². The number of nitrogens with zero attached hydrogens (tertiary/aromatic N) is 1. The first-order chi connectivity index (χ1) is 9.79. The van der Waals surface area contributed by atoms with Crippen molar-refractivity contribution in [3.63, 3.8) is 0 Å². The van der Waals surface area contributed by atoms with Crippen molar-refractivity contribution >= 4 is 42.5 Å². The van der Waals surface area contributed by atoms with Gasteiger partial charge in [-0.05, 0) is 24.3 Å². The molecule has 0 aliphatic rings. The van der Waals surface area contributed by atoms with Gasteiger partial charge in [-0.3, -0.25) is 0 Å². The first kappa shape index (κ1) is 11.7. The minimum atomic E-state index is 0.928. The molecule has 0 bridgehead atoms. The van der Waals surface area contributed by atoms with Gasteiger partial charge in [-0.1, -0.05) is 18.2 Å². The summed E-state index contributed by atoms with van der Waals surface area (Å²) >= 11 is 1.83. The van der Waals surface area contributed by atoms with Crippen molar-refractivity contribution in [2.45, 2.75) is 0 Å². The molecule has 0 N–H and O–H groups in total. The molecule has 0 unspecified atom stereocenters. The molecule has 98 valence electrons. The first-order valence-electron chi connectivity index (χ1n) is 6.56. The second-order valence-corrected chi connectivity index (χ2v) is 5.99. The third kappa shape index (κ3) is 1.47. The van der Waals surface area contributed by atoms with Crippen LogP contribution in [0.4, 0.5) is 0 Å². The van der Waals surface area contributed by atoms with Crippen LogP contribution in [0.15, 0.2) is 48.5 Å². The van der Waals surface area contributed by atoms with Gasteiger partial charge in [0.05, 0.1) is 17.9 Å². The summed E-state index contributed by atoms with van der Waals surface area (Å²) in [7, 11) is 3.85. The van der Waals surface area contributed by atoms with Crippen LogP contribution in [0, 0.1) is 0 Å². The van der Waals surface area contributed by atoms with Crippen molar-refractivity contribution in [1.82, 2.24) is 0 Å². The van der Waals surface area contributed by atoms with Crippen LogP contribution in [0.5, 0.6) is 5.75 Å². The van der Waals surface area contributed by atoms with Crippen LogP contribution in [0.25, 0.3) is 31.2 Å². The van der Waals surface area contributed by atoms with Crippen LogP contribution in [0.3, 0.4) is 0 Å². The Balaban J connectivity index is 2.28. The summed E-state index contributed by atoms with van der Waals surface area (Å²) in [5, 5.41) is 2.48. The molecule has 0 aliphatic carbocycles. The molecule has 2 nitrogen and oxygen atoms in total. The number of rotatable bonds is 1. The van der Waals surface area contributed by atoms with E-state index in [9.17, 15) is 0 Å². The number of hydrogen-bond donors (Lipinski definition) is 0. The van der Waals surface area contributed by atoms with Crippen LogP contribution < -0.4 is 9.30 Å². The highest BCUT2D eigenvalue weighted by Gasteiger charge is 2.18. The Hall–Kier alpha value is -2.13. The fourth-order valence-corrected chi connectivity index (χ4v) is 4.07. The quantitative estimate of drug-likeness (QED) is 0.480. The smallest absolute Gasteiger partial charge is 0.231 e. The lowest BCUT2D eigenvalue weighted by Gasteiger charge is -2.04. The number of methoxy groups -OCH3 is 1. The van der Waals surface area contributed by atoms with E-state index in [1.807, 2.05) is 23.5 Å². The van der Waals surface area contributed by atoms with Crippen molar-refractivity contribution in [3.8, 4) is 5.75 Å². The van der Waals surface area contributed by atoms with Gasteiger partial charge >= 0.3 is 0 Å². The Labute approximate surface area is 120 Å². The first-order valence-corrected chi connectivity index (χ1v) is 7.38. The van der Waals surface area contributed by atoms with Crippen LogP contribution in [0.2, 0.25) is 0 Å². The van der Waals surface area contributed by atoms with Gasteiger partial charge in [-0.2, -0.15) is 4.57 Å². The molecule has 4 rings (SSSR count). The molecule has 2 aromatic carbocycles. The van der Waals surface area contributed by atoms with Gasteiger partial charge in [0.1, 0.15) is 17.5 Å². The van der Waals surface area contributed by atoms with Crippen molar-refractivity contribution in [1.29, 1.82) is 0 Å². The molecular weight excluding hydrogens is 266 g/mol. The average Bonchev–Trinajstić information content (AvgIpc) is 2.85. The molecule has 0 aliphatic heterocycles. The lowest BCUT2D eigenvalue weighted by Crippen LogP contribution is -2.29. The van der Waals surface area contributed by atoms with E-state index in [1.165, 1.54) is 25.8 Å². The summed E-state index contributed by atoms with van der Waals surface area (Å²) in [4.78, 5) is 0. The van der Waals surface area contributed by atoms with E-state index >= 15 is 0 Å². The third-order valence-corrected chi connectivity index (χ3v) is 4.94. The third-order valence-electron chi connectivity index (χ3n) is 3.83. The lowest BCUT2D eigenvalue weighted by atomic mass is 10.1. The van der Waals surface area contributed by atoms with Crippen molar-refractivity contribution < 1.29 is 9.30 Å². The van der Waals surface area contributed by atoms with Gasteiger partial charge in [-0.15, -0.1) is 11.3 Å². The zero-order valence-electron chi connectivity index (χ0n) is 11.4. The predicted molar refractivity (Wildman–Crippen MR) is 84.6 cm³/mol. The summed E-state index contributed by atoms with van der Waals surface area (Å²) in [5.41, 5.74) is 2.49. The van der Waals surface area contributed by atoms with Gasteiger partial charge < -0.3 is 4.74 Å². The highest BCUT2D eigenvalue weighted by atomic mass is 32.1. The molecule has 0 radical (unpaired) electrons. The molecule has 2 aromatic heterocycles. The predicted octanol–water partition coefficient (Wildman–Crippen LogP) is 4.04. The minimum Gasteiger partial charge on any atom is -0.496 e. The second kappa shape index (κ2) is 4.18. The molecule has 0 saturated carbocycles. The monoisotopic (exact) mass is 280 g/mol. The van der Waals surface area contributed by atoms with Crippen molar-refractivity contribution in [2.24, 2.45) is 7.05 Å². The molecule has 4 aromatic rings. The van der Waals surface area contributed by atoms with E-state index in [2.05, 4.69) is 48.0 Å². The highest BCUT2D eigenvalue weighted by molar-refractivity contribution is 7.25. The maximum atomic E-state index is 5.50. The van der Waals surface area contributed by atoms with E-state index in [-0.39, 0.29) is 0 Å². The summed E-state index contributed by atoms with van der Waals surface area (Å²) in [5.74, 6) is 0.928. The number of thiophene rings is 1. The number of aryl methyl sites for hydroxylation is 1. The molecular formula is C17H14NOS+. The maximum Gasteiger partial charge on any atom is 0.231 e. The zero-order chi connectivity index (χ0) is 13.7. The van der Waals surface area contributed by atoms with E-state index in [4.69, 9.17) is 4.74 Å². The second-order valence-electron chi connectivity index (χ2n) is 4.91. The number of pyridine rings is 1. The largest absolute Gasteiger partial charge is 0.496 e. The topological polar surface area (TPSA) is 13.1 Å². The zero-order valence-corrected chi connectivity index (χ0v) is 12.2. The molecule has 0 saturated heterocycles. The van der Waals surface area contributed by atoms with Gasteiger partial charge in [0, 0.05) is 10.8 Å². The van der Waals surface area contributed by atoms with E-state index < -0.39 is 0 Å². The standard InChI is InChI=1S/C17H14NOS/c1-18-13-7-5-8-14(19-2)12(13)10-16-17(18)11-6-3-4-9-15(11)20-16/h3-10H,1-2H3/q+1. The van der Waals surface area contributed by atoms with Gasteiger partial charge in [0.2, 0.25) is 11.0 Å². The Kier molecular flexibility index (Phi) is 2.44. The SMILES string of the molecule is COc1cccc2c1cc1sc3ccccc3c1[n+]2C. The molecule has 20 heavy (non-hydrogen) atoms. The van der Waals surface area contributed by atoms with Crippen molar-refractivity contribution in [3.05, 3.63) is 48.5 Å². The number of hydrogen-bond acceptors (Lipinski definition) is 2. The average molecular weight is 280 g/mol. The number of fused-ring (bicyclic) bond motifs is 4. The lowest BCUT2D eigenvalue weighted by molar-refractivity contribution is -0.616. The maximum absolute atomic E-state index is 5.50. The van der Waals surface area contributed by atoms with Gasteiger partial charge in [0.25, 0.3) is 0 Å². The van der Waals surface area contributed by atoms with Crippen LogP contribution >= 0.6 is 11.3 Å². The van der Waals surface area contributed by atoms with E-state index in [1.54, 1.807) is 7.11 Å². The number of aromatic nitrogens is 1. The molecule has 2 heterocycles. The highest BCUT2D eigenvalue weighted by Crippen LogP contribution is 2.35. The molecule has 0 atom stereocenters. The number of ether oxygens (including phenoxy) is 1. The Morgan fingerprint density at radius 3 is 2.65 bits per heavy atom. The Bertz CT molecular complexity index is 955.